The van der Waals surface area contributed by atoms with Crippen LogP contribution in [0.4, 0.5) is 0 Å². The van der Waals surface area contributed by atoms with Gasteiger partial charge in [0, 0.05) is 25.9 Å². The maximum Gasteiger partial charge on any atom is 0.261 e. The Morgan fingerprint density at radius 2 is 1.53 bits per heavy atom. The largest absolute Gasteiger partial charge is 0.496 e. The van der Waals surface area contributed by atoms with Crippen LogP contribution in [0.15, 0.2) is 30.3 Å². The van der Waals surface area contributed by atoms with Gasteiger partial charge in [-0.1, -0.05) is 6.07 Å². The standard InChI is InChI=1S/C24H27NO7/c1-28-17-6-5-7-18(29-2)20(17)23(27)25-12-10-24(11-13-25)14-16(26)15-8-9-19(30-3)22(31-4)21(15)32-24/h5-9H,10-14H2,1-4H3. The molecule has 0 aliphatic carbocycles. The smallest absolute Gasteiger partial charge is 0.261 e. The number of fused-ring (bicyclic) bond motifs is 1. The number of rotatable bonds is 5. The number of Topliss-reactive ketones (excluding diaryl/α,β-unsaturated/α-hetero) is 1. The minimum Gasteiger partial charge on any atom is -0.496 e. The van der Waals surface area contributed by atoms with E-state index in [4.69, 9.17) is 23.7 Å². The molecule has 0 aromatic heterocycles. The molecule has 0 atom stereocenters. The van der Waals surface area contributed by atoms with Crippen molar-refractivity contribution >= 4 is 11.7 Å². The van der Waals surface area contributed by atoms with Crippen LogP contribution < -0.4 is 23.7 Å². The molecule has 0 bridgehead atoms. The van der Waals surface area contributed by atoms with Crippen LogP contribution in [-0.4, -0.2) is 63.7 Å². The average molecular weight is 441 g/mol. The first-order valence-electron chi connectivity index (χ1n) is 10.4. The predicted molar refractivity (Wildman–Crippen MR) is 117 cm³/mol. The van der Waals surface area contributed by atoms with Gasteiger partial charge in [0.05, 0.1) is 40.4 Å². The van der Waals surface area contributed by atoms with Crippen LogP contribution in [-0.2, 0) is 0 Å². The quantitative estimate of drug-likeness (QED) is 0.704. The van der Waals surface area contributed by atoms with Crippen molar-refractivity contribution in [3.63, 3.8) is 0 Å². The van der Waals surface area contributed by atoms with E-state index in [2.05, 4.69) is 0 Å². The van der Waals surface area contributed by atoms with Crippen LogP contribution >= 0.6 is 0 Å². The molecule has 1 spiro atoms. The van der Waals surface area contributed by atoms with E-state index in [1.54, 1.807) is 42.3 Å². The van der Waals surface area contributed by atoms with Crippen molar-refractivity contribution in [2.45, 2.75) is 24.9 Å². The molecule has 0 N–H and O–H groups in total. The Morgan fingerprint density at radius 3 is 2.09 bits per heavy atom. The van der Waals surface area contributed by atoms with E-state index in [1.807, 2.05) is 0 Å². The Hall–Kier alpha value is -3.42. The lowest BCUT2D eigenvalue weighted by Gasteiger charge is -2.44. The van der Waals surface area contributed by atoms with Crippen molar-refractivity contribution in [3.05, 3.63) is 41.5 Å². The number of hydrogen-bond acceptors (Lipinski definition) is 7. The highest BCUT2D eigenvalue weighted by atomic mass is 16.5. The lowest BCUT2D eigenvalue weighted by atomic mass is 9.82. The van der Waals surface area contributed by atoms with E-state index < -0.39 is 5.60 Å². The number of ketones is 1. The highest BCUT2D eigenvalue weighted by Gasteiger charge is 2.45. The lowest BCUT2D eigenvalue weighted by molar-refractivity contribution is -0.00756. The highest BCUT2D eigenvalue weighted by molar-refractivity contribution is 6.02. The third kappa shape index (κ3) is 3.59. The molecule has 2 aromatic rings. The maximum absolute atomic E-state index is 13.3. The molecule has 2 aliphatic heterocycles. The van der Waals surface area contributed by atoms with Crippen molar-refractivity contribution in [1.82, 2.24) is 4.90 Å². The Kier molecular flexibility index (Phi) is 5.86. The number of amides is 1. The summed E-state index contributed by atoms with van der Waals surface area (Å²) in [7, 11) is 6.12. The Morgan fingerprint density at radius 1 is 0.906 bits per heavy atom. The summed E-state index contributed by atoms with van der Waals surface area (Å²) in [5, 5.41) is 0. The summed E-state index contributed by atoms with van der Waals surface area (Å²) in [5.74, 6) is 2.08. The summed E-state index contributed by atoms with van der Waals surface area (Å²) >= 11 is 0. The molecule has 1 saturated heterocycles. The molecule has 0 saturated carbocycles. The third-order valence-electron chi connectivity index (χ3n) is 6.21. The zero-order chi connectivity index (χ0) is 22.9. The summed E-state index contributed by atoms with van der Waals surface area (Å²) in [4.78, 5) is 28.0. The fraction of sp³-hybridized carbons (Fsp3) is 0.417. The van der Waals surface area contributed by atoms with Crippen LogP contribution in [0.1, 0.15) is 40.0 Å². The summed E-state index contributed by atoms with van der Waals surface area (Å²) < 4.78 is 28.0. The zero-order valence-electron chi connectivity index (χ0n) is 18.7. The number of carbonyl (C=O) groups is 2. The molecule has 2 aromatic carbocycles. The molecule has 0 radical (unpaired) electrons. The molecular formula is C24H27NO7. The number of nitrogens with zero attached hydrogens (tertiary/aromatic N) is 1. The van der Waals surface area contributed by atoms with E-state index in [-0.39, 0.29) is 18.1 Å². The third-order valence-corrected chi connectivity index (χ3v) is 6.21. The summed E-state index contributed by atoms with van der Waals surface area (Å²) in [6, 6.07) is 8.67. The van der Waals surface area contributed by atoms with Gasteiger partial charge in [0.2, 0.25) is 5.75 Å². The second-order valence-electron chi connectivity index (χ2n) is 7.89. The van der Waals surface area contributed by atoms with E-state index in [0.29, 0.717) is 65.8 Å². The zero-order valence-corrected chi connectivity index (χ0v) is 18.7. The topological polar surface area (TPSA) is 83.5 Å². The molecule has 1 amide bonds. The molecule has 1 fully saturated rings. The van der Waals surface area contributed by atoms with Crippen molar-refractivity contribution in [2.75, 3.05) is 41.5 Å². The van der Waals surface area contributed by atoms with Gasteiger partial charge in [-0.15, -0.1) is 0 Å². The second kappa shape index (κ2) is 8.61. The summed E-state index contributed by atoms with van der Waals surface area (Å²) in [5.41, 5.74) is 0.196. The van der Waals surface area contributed by atoms with E-state index >= 15 is 0 Å². The first-order chi connectivity index (χ1) is 15.5. The molecular weight excluding hydrogens is 414 g/mol. The van der Waals surface area contributed by atoms with E-state index in [1.165, 1.54) is 21.3 Å². The molecule has 170 valence electrons. The summed E-state index contributed by atoms with van der Waals surface area (Å²) in [6.45, 7) is 0.879. The molecule has 0 unspecified atom stereocenters. The van der Waals surface area contributed by atoms with E-state index in [0.717, 1.165) is 0 Å². The number of methoxy groups -OCH3 is 4. The molecule has 4 rings (SSSR count). The molecule has 2 heterocycles. The Labute approximate surface area is 187 Å². The van der Waals surface area contributed by atoms with Gasteiger partial charge in [-0.25, -0.2) is 0 Å². The fourth-order valence-corrected chi connectivity index (χ4v) is 4.48. The normalized spacial score (nSPS) is 16.8. The van der Waals surface area contributed by atoms with Gasteiger partial charge in [0.25, 0.3) is 5.91 Å². The number of hydrogen-bond donors (Lipinski definition) is 0. The monoisotopic (exact) mass is 441 g/mol. The minimum absolute atomic E-state index is 0.00150. The van der Waals surface area contributed by atoms with Crippen LogP contribution in [0.3, 0.4) is 0 Å². The van der Waals surface area contributed by atoms with Gasteiger partial charge >= 0.3 is 0 Å². The summed E-state index contributed by atoms with van der Waals surface area (Å²) in [6.07, 6.45) is 1.29. The van der Waals surface area contributed by atoms with Gasteiger partial charge in [0.15, 0.2) is 17.3 Å². The number of benzene rings is 2. The molecule has 32 heavy (non-hydrogen) atoms. The van der Waals surface area contributed by atoms with Crippen LogP contribution in [0, 0.1) is 0 Å². The average Bonchev–Trinajstić information content (AvgIpc) is 2.82. The Balaban J connectivity index is 1.57. The molecule has 2 aliphatic rings. The Bertz CT molecular complexity index is 1020. The molecule has 8 heteroatoms. The maximum atomic E-state index is 13.3. The van der Waals surface area contributed by atoms with Crippen molar-refractivity contribution in [1.29, 1.82) is 0 Å². The van der Waals surface area contributed by atoms with Gasteiger partial charge in [-0.2, -0.15) is 0 Å². The van der Waals surface area contributed by atoms with E-state index in [9.17, 15) is 9.59 Å². The second-order valence-corrected chi connectivity index (χ2v) is 7.89. The van der Waals surface area contributed by atoms with Gasteiger partial charge in [0.1, 0.15) is 22.7 Å². The predicted octanol–water partition coefficient (Wildman–Crippen LogP) is 3.36. The highest BCUT2D eigenvalue weighted by Crippen LogP contribution is 2.48. The van der Waals surface area contributed by atoms with Crippen molar-refractivity contribution in [3.8, 4) is 28.7 Å². The fourth-order valence-electron chi connectivity index (χ4n) is 4.48. The first kappa shape index (κ1) is 21.8. The first-order valence-corrected chi connectivity index (χ1v) is 10.4. The van der Waals surface area contributed by atoms with Gasteiger partial charge in [-0.05, 0) is 24.3 Å². The minimum atomic E-state index is -0.689. The number of carbonyl (C=O) groups excluding carboxylic acids is 2. The lowest BCUT2D eigenvalue weighted by Crippen LogP contribution is -2.52. The van der Waals surface area contributed by atoms with Crippen LogP contribution in [0.5, 0.6) is 28.7 Å². The SMILES string of the molecule is COc1ccc2c(c1OC)OC1(CCN(C(=O)c3c(OC)cccc3OC)CC1)CC2=O. The number of piperidine rings is 1. The van der Waals surface area contributed by atoms with Crippen molar-refractivity contribution < 1.29 is 33.3 Å². The number of ether oxygens (including phenoxy) is 5. The van der Waals surface area contributed by atoms with Crippen LogP contribution in [0.25, 0.3) is 0 Å². The number of likely N-dealkylation sites (tertiary alicyclic amines) is 1. The van der Waals surface area contributed by atoms with Gasteiger partial charge in [-0.3, -0.25) is 9.59 Å². The molecule has 8 nitrogen and oxygen atoms in total. The van der Waals surface area contributed by atoms with Gasteiger partial charge < -0.3 is 28.6 Å². The van der Waals surface area contributed by atoms with Crippen LogP contribution in [0.2, 0.25) is 0 Å². The van der Waals surface area contributed by atoms with Crippen molar-refractivity contribution in [2.24, 2.45) is 0 Å².